The number of rotatable bonds is 5. The monoisotopic (exact) mass is 397 g/mol. The van der Waals surface area contributed by atoms with E-state index in [0.717, 1.165) is 17.1 Å². The molecular formula is C6H9Br4. The summed E-state index contributed by atoms with van der Waals surface area (Å²) in [5.41, 5.74) is 0. The second-order valence-corrected chi connectivity index (χ2v) is 5.65. The molecule has 0 bridgehead atoms. The van der Waals surface area contributed by atoms with Gasteiger partial charge < -0.3 is 0 Å². The summed E-state index contributed by atoms with van der Waals surface area (Å²) in [6.45, 7) is 0. The van der Waals surface area contributed by atoms with Gasteiger partial charge in [0.1, 0.15) is 0 Å². The Labute approximate surface area is 96.0 Å². The summed E-state index contributed by atoms with van der Waals surface area (Å²) in [6, 6.07) is 0. The van der Waals surface area contributed by atoms with Crippen LogP contribution in [0.4, 0.5) is 0 Å². The molecule has 0 rings (SSSR count). The van der Waals surface area contributed by atoms with E-state index in [0.29, 0.717) is 9.65 Å². The fourth-order valence-corrected chi connectivity index (χ4v) is 3.18. The first-order valence-electron chi connectivity index (χ1n) is 2.95. The first-order chi connectivity index (χ1) is 4.70. The van der Waals surface area contributed by atoms with Crippen LogP contribution >= 0.6 is 63.7 Å². The molecule has 61 valence electrons. The second kappa shape index (κ2) is 7.56. The van der Waals surface area contributed by atoms with Gasteiger partial charge >= 0.3 is 0 Å². The third kappa shape index (κ3) is 6.62. The van der Waals surface area contributed by atoms with Crippen molar-refractivity contribution in [2.24, 2.45) is 0 Å². The van der Waals surface area contributed by atoms with Gasteiger partial charge in [0, 0.05) is 20.3 Å². The molecular weight excluding hydrogens is 392 g/mol. The van der Waals surface area contributed by atoms with Gasteiger partial charge in [0.15, 0.2) is 0 Å². The Morgan fingerprint density at radius 2 is 1.70 bits per heavy atom. The minimum atomic E-state index is 0.468. The van der Waals surface area contributed by atoms with Gasteiger partial charge in [-0.15, -0.1) is 0 Å². The summed E-state index contributed by atoms with van der Waals surface area (Å²) in [5, 5.41) is 2.01. The lowest BCUT2D eigenvalue weighted by molar-refractivity contribution is 0.914. The highest BCUT2D eigenvalue weighted by molar-refractivity contribution is 9.12. The van der Waals surface area contributed by atoms with Crippen molar-refractivity contribution in [2.75, 3.05) is 10.7 Å². The Bertz CT molecular complexity index is 76.1. The molecule has 4 heteroatoms. The van der Waals surface area contributed by atoms with Gasteiger partial charge in [-0.3, -0.25) is 0 Å². The van der Waals surface area contributed by atoms with E-state index in [9.17, 15) is 0 Å². The number of halogens is 4. The summed E-state index contributed by atoms with van der Waals surface area (Å²) in [5.74, 6) is 0. The summed E-state index contributed by atoms with van der Waals surface area (Å²) >= 11 is 13.8. The average Bonchev–Trinajstić information content (AvgIpc) is 1.88. The predicted octanol–water partition coefficient (Wildman–Crippen LogP) is 3.90. The highest BCUT2D eigenvalue weighted by atomic mass is 79.9. The fourth-order valence-electron chi connectivity index (χ4n) is 0.478. The van der Waals surface area contributed by atoms with E-state index in [1.165, 1.54) is 0 Å². The van der Waals surface area contributed by atoms with E-state index in [1.807, 2.05) is 0 Å². The van der Waals surface area contributed by atoms with Crippen molar-refractivity contribution in [3.8, 4) is 0 Å². The molecule has 0 aromatic heterocycles. The van der Waals surface area contributed by atoms with Crippen molar-refractivity contribution in [1.82, 2.24) is 0 Å². The molecule has 0 nitrogen and oxygen atoms in total. The lowest BCUT2D eigenvalue weighted by atomic mass is 10.2. The van der Waals surface area contributed by atoms with Gasteiger partial charge in [0.05, 0.1) is 0 Å². The molecule has 0 saturated heterocycles. The average molecular weight is 401 g/mol. The van der Waals surface area contributed by atoms with Crippen molar-refractivity contribution in [3.05, 3.63) is 6.42 Å². The van der Waals surface area contributed by atoms with E-state index < -0.39 is 0 Å². The van der Waals surface area contributed by atoms with Crippen LogP contribution in [0, 0.1) is 6.42 Å². The van der Waals surface area contributed by atoms with Crippen LogP contribution < -0.4 is 0 Å². The smallest absolute Gasteiger partial charge is 0.0285 e. The first kappa shape index (κ1) is 11.9. The Morgan fingerprint density at radius 3 is 2.10 bits per heavy atom. The van der Waals surface area contributed by atoms with Crippen LogP contribution in [0.3, 0.4) is 0 Å². The SMILES string of the molecule is BrCCC(Br)[CH]C(Br)CBr. The quantitative estimate of drug-likeness (QED) is 0.614. The normalized spacial score (nSPS) is 16.8. The van der Waals surface area contributed by atoms with Crippen molar-refractivity contribution >= 4 is 63.7 Å². The van der Waals surface area contributed by atoms with Crippen LogP contribution in [0.15, 0.2) is 0 Å². The van der Waals surface area contributed by atoms with Crippen LogP contribution in [-0.2, 0) is 0 Å². The Morgan fingerprint density at radius 1 is 1.10 bits per heavy atom. The molecule has 0 N–H and O–H groups in total. The van der Waals surface area contributed by atoms with Crippen LogP contribution in [0.2, 0.25) is 0 Å². The molecule has 0 aromatic rings. The molecule has 0 amide bonds. The van der Waals surface area contributed by atoms with Gasteiger partial charge in [-0.2, -0.15) is 0 Å². The molecule has 10 heavy (non-hydrogen) atoms. The van der Waals surface area contributed by atoms with Gasteiger partial charge in [-0.1, -0.05) is 63.7 Å². The van der Waals surface area contributed by atoms with Gasteiger partial charge in [-0.05, 0) is 12.8 Å². The van der Waals surface area contributed by atoms with Crippen LogP contribution in [0.5, 0.6) is 0 Å². The summed E-state index contributed by atoms with van der Waals surface area (Å²) in [4.78, 5) is 0.977. The highest BCUT2D eigenvalue weighted by Crippen LogP contribution is 2.18. The third-order valence-electron chi connectivity index (χ3n) is 0.950. The van der Waals surface area contributed by atoms with Gasteiger partial charge in [0.25, 0.3) is 0 Å². The van der Waals surface area contributed by atoms with Crippen LogP contribution in [0.1, 0.15) is 6.42 Å². The lowest BCUT2D eigenvalue weighted by Crippen LogP contribution is -2.10. The maximum atomic E-state index is 3.54. The van der Waals surface area contributed by atoms with E-state index in [2.05, 4.69) is 70.1 Å². The van der Waals surface area contributed by atoms with Gasteiger partial charge in [-0.25, -0.2) is 0 Å². The molecule has 0 heterocycles. The zero-order valence-corrected chi connectivity index (χ0v) is 11.7. The molecule has 0 spiro atoms. The number of alkyl halides is 4. The molecule has 0 aromatic carbocycles. The van der Waals surface area contributed by atoms with E-state index >= 15 is 0 Å². The summed E-state index contributed by atoms with van der Waals surface area (Å²) < 4.78 is 0. The second-order valence-electron chi connectivity index (χ2n) is 1.86. The largest absolute Gasteiger partial charge is 0.0928 e. The zero-order valence-electron chi connectivity index (χ0n) is 5.37. The standard InChI is InChI=1S/C6H9Br4/c7-2-1-5(9)3-6(10)4-8/h3,5-6H,1-2,4H2. The maximum absolute atomic E-state index is 3.54. The van der Waals surface area contributed by atoms with Crippen molar-refractivity contribution in [1.29, 1.82) is 0 Å². The summed E-state index contributed by atoms with van der Waals surface area (Å²) in [6.07, 6.45) is 3.37. The van der Waals surface area contributed by atoms with Gasteiger partial charge in [0.2, 0.25) is 0 Å². The molecule has 2 unspecified atom stereocenters. The van der Waals surface area contributed by atoms with Crippen molar-refractivity contribution < 1.29 is 0 Å². The number of hydrogen-bond acceptors (Lipinski definition) is 0. The molecule has 0 aliphatic rings. The molecule has 0 fully saturated rings. The fraction of sp³-hybridized carbons (Fsp3) is 0.833. The predicted molar refractivity (Wildman–Crippen MR) is 61.9 cm³/mol. The topological polar surface area (TPSA) is 0 Å². The molecule has 1 radical (unpaired) electrons. The minimum Gasteiger partial charge on any atom is -0.0928 e. The van der Waals surface area contributed by atoms with E-state index in [1.54, 1.807) is 0 Å². The molecule has 0 aliphatic carbocycles. The Hall–Kier alpha value is 1.92. The lowest BCUT2D eigenvalue weighted by Gasteiger charge is -2.09. The molecule has 0 saturated carbocycles. The van der Waals surface area contributed by atoms with Crippen molar-refractivity contribution in [3.63, 3.8) is 0 Å². The third-order valence-corrected chi connectivity index (χ3v) is 4.37. The van der Waals surface area contributed by atoms with Crippen molar-refractivity contribution in [2.45, 2.75) is 16.1 Å². The zero-order chi connectivity index (χ0) is 7.98. The van der Waals surface area contributed by atoms with Crippen LogP contribution in [-0.4, -0.2) is 20.3 Å². The highest BCUT2D eigenvalue weighted by Gasteiger charge is 2.09. The number of hydrogen-bond donors (Lipinski definition) is 0. The van der Waals surface area contributed by atoms with E-state index in [-0.39, 0.29) is 0 Å². The first-order valence-corrected chi connectivity index (χ1v) is 7.03. The maximum Gasteiger partial charge on any atom is 0.0285 e. The summed E-state index contributed by atoms with van der Waals surface area (Å²) in [7, 11) is 0. The van der Waals surface area contributed by atoms with E-state index in [4.69, 9.17) is 0 Å². The minimum absolute atomic E-state index is 0.468. The molecule has 0 aliphatic heterocycles. The Balaban J connectivity index is 3.27. The molecule has 2 atom stereocenters. The Kier molecular flexibility index (Phi) is 9.02. The van der Waals surface area contributed by atoms with Crippen LogP contribution in [0.25, 0.3) is 0 Å².